The van der Waals surface area contributed by atoms with Gasteiger partial charge in [0.1, 0.15) is 5.75 Å². The number of ether oxygens (including phenoxy) is 1. The van der Waals surface area contributed by atoms with E-state index in [9.17, 15) is 13.6 Å². The maximum Gasteiger partial charge on any atom is 0.387 e. The molecule has 4 nitrogen and oxygen atoms in total. The third-order valence-electron chi connectivity index (χ3n) is 4.89. The number of rotatable bonds is 8. The molecule has 0 saturated carbocycles. The van der Waals surface area contributed by atoms with Gasteiger partial charge in [-0.1, -0.05) is 60.7 Å². The summed E-state index contributed by atoms with van der Waals surface area (Å²) < 4.78 is 28.9. The van der Waals surface area contributed by atoms with Gasteiger partial charge in [-0.25, -0.2) is 0 Å². The predicted octanol–water partition coefficient (Wildman–Crippen LogP) is 5.41. The van der Waals surface area contributed by atoms with Gasteiger partial charge in [0.25, 0.3) is 0 Å². The molecule has 1 amide bonds. The average molecular weight is 410 g/mol. The maximum absolute atomic E-state index is 12.8. The number of para-hydroxylation sites is 1. The third-order valence-corrected chi connectivity index (χ3v) is 4.89. The predicted molar refractivity (Wildman–Crippen MR) is 115 cm³/mol. The second kappa shape index (κ2) is 9.98. The topological polar surface area (TPSA) is 41.6 Å². The first-order chi connectivity index (χ1) is 14.4. The van der Waals surface area contributed by atoms with Gasteiger partial charge in [-0.05, 0) is 43.3 Å². The van der Waals surface area contributed by atoms with Crippen LogP contribution in [0.15, 0.2) is 78.9 Å². The van der Waals surface area contributed by atoms with Crippen LogP contribution in [0, 0.1) is 0 Å². The van der Waals surface area contributed by atoms with Crippen molar-refractivity contribution in [3.63, 3.8) is 0 Å². The Labute approximate surface area is 175 Å². The Hall–Kier alpha value is -3.25. The summed E-state index contributed by atoms with van der Waals surface area (Å²) in [4.78, 5) is 14.7. The molecule has 0 aromatic heterocycles. The molecule has 1 N–H and O–H groups in total. The molecule has 0 aliphatic rings. The summed E-state index contributed by atoms with van der Waals surface area (Å²) in [6.07, 6.45) is 0. The molecule has 6 heteroatoms. The number of nitrogens with one attached hydrogen (secondary N) is 1. The van der Waals surface area contributed by atoms with E-state index in [2.05, 4.69) is 10.1 Å². The number of alkyl halides is 2. The zero-order valence-electron chi connectivity index (χ0n) is 16.9. The van der Waals surface area contributed by atoms with Crippen molar-refractivity contribution >= 4 is 11.6 Å². The van der Waals surface area contributed by atoms with Crippen molar-refractivity contribution in [2.24, 2.45) is 0 Å². The summed E-state index contributed by atoms with van der Waals surface area (Å²) in [7, 11) is 1.84. The molecular formula is C24H24F2N2O2. The van der Waals surface area contributed by atoms with Crippen LogP contribution >= 0.6 is 0 Å². The van der Waals surface area contributed by atoms with E-state index in [-0.39, 0.29) is 11.7 Å². The van der Waals surface area contributed by atoms with Gasteiger partial charge < -0.3 is 10.1 Å². The Kier molecular flexibility index (Phi) is 7.14. The zero-order valence-corrected chi connectivity index (χ0v) is 16.9. The van der Waals surface area contributed by atoms with Crippen LogP contribution in [-0.4, -0.2) is 30.5 Å². The molecule has 0 unspecified atom stereocenters. The van der Waals surface area contributed by atoms with E-state index < -0.39 is 12.7 Å². The summed E-state index contributed by atoms with van der Waals surface area (Å²) in [5.41, 5.74) is 3.63. The monoisotopic (exact) mass is 410 g/mol. The first-order valence-corrected chi connectivity index (χ1v) is 9.63. The fourth-order valence-electron chi connectivity index (χ4n) is 3.10. The van der Waals surface area contributed by atoms with Crippen LogP contribution in [0.4, 0.5) is 14.5 Å². The second-order valence-corrected chi connectivity index (χ2v) is 7.01. The molecule has 1 atom stereocenters. The first kappa shape index (κ1) is 21.5. The van der Waals surface area contributed by atoms with Crippen molar-refractivity contribution in [2.75, 3.05) is 12.4 Å². The Morgan fingerprint density at radius 3 is 2.27 bits per heavy atom. The lowest BCUT2D eigenvalue weighted by atomic mass is 10.0. The molecule has 3 rings (SSSR count). The normalized spacial score (nSPS) is 12.1. The van der Waals surface area contributed by atoms with E-state index in [0.29, 0.717) is 6.54 Å². The van der Waals surface area contributed by atoms with Gasteiger partial charge in [0.15, 0.2) is 0 Å². The molecule has 30 heavy (non-hydrogen) atoms. The summed E-state index contributed by atoms with van der Waals surface area (Å²) in [5, 5.41) is 3.02. The van der Waals surface area contributed by atoms with Crippen LogP contribution in [-0.2, 0) is 11.3 Å². The molecule has 0 radical (unpaired) electrons. The van der Waals surface area contributed by atoms with E-state index in [1.54, 1.807) is 12.1 Å². The number of nitrogens with zero attached hydrogens (tertiary/aromatic N) is 1. The highest BCUT2D eigenvalue weighted by Gasteiger charge is 2.19. The summed E-state index contributed by atoms with van der Waals surface area (Å²) in [6.45, 7) is -0.528. The fourth-order valence-corrected chi connectivity index (χ4v) is 3.10. The number of halogens is 2. The minimum absolute atomic E-state index is 0.111. The summed E-state index contributed by atoms with van der Waals surface area (Å²) in [6, 6.07) is 23.6. The highest BCUT2D eigenvalue weighted by Crippen LogP contribution is 2.27. The Bertz CT molecular complexity index is 962. The molecule has 156 valence electrons. The van der Waals surface area contributed by atoms with Gasteiger partial charge in [0.05, 0.1) is 6.04 Å². The van der Waals surface area contributed by atoms with Gasteiger partial charge in [-0.2, -0.15) is 8.78 Å². The largest absolute Gasteiger partial charge is 0.435 e. The molecule has 0 fully saturated rings. The molecule has 0 heterocycles. The first-order valence-electron chi connectivity index (χ1n) is 9.63. The number of carbonyl (C=O) groups is 1. The summed E-state index contributed by atoms with van der Waals surface area (Å²) >= 11 is 0. The lowest BCUT2D eigenvalue weighted by molar-refractivity contribution is -0.120. The molecule has 0 bridgehead atoms. The van der Waals surface area contributed by atoms with Crippen LogP contribution in [0.3, 0.4) is 0 Å². The maximum atomic E-state index is 12.8. The van der Waals surface area contributed by atoms with Gasteiger partial charge in [0, 0.05) is 17.8 Å². The molecule has 0 saturated heterocycles. The van der Waals surface area contributed by atoms with E-state index in [1.807, 2.05) is 73.5 Å². The minimum atomic E-state index is -2.85. The Morgan fingerprint density at radius 2 is 1.60 bits per heavy atom. The summed E-state index contributed by atoms with van der Waals surface area (Å²) in [5.74, 6) is -0.0155. The van der Waals surface area contributed by atoms with E-state index in [0.717, 1.165) is 22.4 Å². The van der Waals surface area contributed by atoms with Gasteiger partial charge in [-0.15, -0.1) is 0 Å². The van der Waals surface area contributed by atoms with Crippen molar-refractivity contribution in [3.8, 4) is 16.9 Å². The number of anilines is 1. The van der Waals surface area contributed by atoms with Crippen LogP contribution in [0.5, 0.6) is 5.75 Å². The molecule has 3 aromatic carbocycles. The number of amides is 1. The Morgan fingerprint density at radius 1 is 0.967 bits per heavy atom. The molecule has 0 spiro atoms. The number of hydrogen-bond acceptors (Lipinski definition) is 3. The SMILES string of the molecule is C[C@@H](C(=O)Nc1ccccc1-c1ccccc1)N(C)Cc1ccc(OC(F)F)cc1. The van der Waals surface area contributed by atoms with Crippen molar-refractivity contribution in [2.45, 2.75) is 26.1 Å². The fraction of sp³-hybridized carbons (Fsp3) is 0.208. The van der Waals surface area contributed by atoms with Crippen molar-refractivity contribution in [1.29, 1.82) is 0 Å². The van der Waals surface area contributed by atoms with Gasteiger partial charge in [0.2, 0.25) is 5.91 Å². The lowest BCUT2D eigenvalue weighted by Crippen LogP contribution is -2.39. The zero-order chi connectivity index (χ0) is 21.5. The smallest absolute Gasteiger partial charge is 0.387 e. The standard InChI is InChI=1S/C24H24F2N2O2/c1-17(28(2)16-18-12-14-20(15-13-18)30-24(25)26)23(29)27-22-11-7-6-10-21(22)19-8-4-3-5-9-19/h3-15,17,24H,16H2,1-2H3,(H,27,29)/t17-/m0/s1. The lowest BCUT2D eigenvalue weighted by Gasteiger charge is -2.24. The molecule has 0 aliphatic carbocycles. The quantitative estimate of drug-likeness (QED) is 0.540. The average Bonchev–Trinajstić information content (AvgIpc) is 2.75. The third kappa shape index (κ3) is 5.64. The molecule has 3 aromatic rings. The minimum Gasteiger partial charge on any atom is -0.435 e. The van der Waals surface area contributed by atoms with E-state index in [1.165, 1.54) is 12.1 Å². The van der Waals surface area contributed by atoms with E-state index >= 15 is 0 Å². The number of benzene rings is 3. The number of hydrogen-bond donors (Lipinski definition) is 1. The van der Waals surface area contributed by atoms with E-state index in [4.69, 9.17) is 0 Å². The highest BCUT2D eigenvalue weighted by atomic mass is 19.3. The highest BCUT2D eigenvalue weighted by molar-refractivity contribution is 5.98. The number of carbonyl (C=O) groups excluding carboxylic acids is 1. The Balaban J connectivity index is 1.65. The van der Waals surface area contributed by atoms with Crippen molar-refractivity contribution < 1.29 is 18.3 Å². The van der Waals surface area contributed by atoms with Crippen molar-refractivity contribution in [3.05, 3.63) is 84.4 Å². The van der Waals surface area contributed by atoms with Crippen LogP contribution in [0.25, 0.3) is 11.1 Å². The van der Waals surface area contributed by atoms with Crippen LogP contribution in [0.1, 0.15) is 12.5 Å². The molecule has 0 aliphatic heterocycles. The molecular weight excluding hydrogens is 386 g/mol. The van der Waals surface area contributed by atoms with Crippen LogP contribution < -0.4 is 10.1 Å². The number of likely N-dealkylation sites (N-methyl/N-ethyl adjacent to an activating group) is 1. The van der Waals surface area contributed by atoms with Crippen molar-refractivity contribution in [1.82, 2.24) is 4.90 Å². The van der Waals surface area contributed by atoms with Gasteiger partial charge in [-0.3, -0.25) is 9.69 Å². The van der Waals surface area contributed by atoms with Crippen LogP contribution in [0.2, 0.25) is 0 Å². The van der Waals surface area contributed by atoms with Gasteiger partial charge >= 0.3 is 6.61 Å². The second-order valence-electron chi connectivity index (χ2n) is 7.01.